The molecule has 4 aliphatic rings. The number of fused-ring (bicyclic) bond motifs is 2. The van der Waals surface area contributed by atoms with Gasteiger partial charge < -0.3 is 24.3 Å². The standard InChI is InChI=1S/C31H39N7O6/c1-29(2,3)44-28(40)38-13-9-12-31(38)15-36(16-31)14-20-22-23(43-30(4,5)42-22)27(41-20)37-18-34-21-24(32-17-33-25(21)37)35-26(39)19-10-7-6-8-11-19/h6-8,10-11,17-18,20,22-23,27H,9,12-16H2,1-5H3,(H,32,33,35,39)/t20?,22-,23-,27?/m1/s1. The van der Waals surface area contributed by atoms with Crippen molar-refractivity contribution >= 4 is 29.0 Å². The normalized spacial score (nSPS) is 27.4. The molecule has 7 rings (SSSR count). The number of anilines is 1. The Morgan fingerprint density at radius 3 is 2.57 bits per heavy atom. The molecule has 1 spiro atoms. The Labute approximate surface area is 255 Å². The molecule has 0 radical (unpaired) electrons. The molecule has 44 heavy (non-hydrogen) atoms. The summed E-state index contributed by atoms with van der Waals surface area (Å²) in [5, 5.41) is 2.86. The second-order valence-corrected chi connectivity index (χ2v) is 13.6. The molecule has 4 atom stereocenters. The van der Waals surface area contributed by atoms with Gasteiger partial charge in [0.15, 0.2) is 29.0 Å². The van der Waals surface area contributed by atoms with E-state index in [0.717, 1.165) is 25.9 Å². The van der Waals surface area contributed by atoms with Gasteiger partial charge in [-0.2, -0.15) is 0 Å². The third-order valence-corrected chi connectivity index (χ3v) is 8.71. The smallest absolute Gasteiger partial charge is 0.410 e. The largest absolute Gasteiger partial charge is 0.444 e. The van der Waals surface area contributed by atoms with E-state index in [9.17, 15) is 9.59 Å². The highest BCUT2D eigenvalue weighted by Gasteiger charge is 2.59. The highest BCUT2D eigenvalue weighted by molar-refractivity contribution is 6.06. The lowest BCUT2D eigenvalue weighted by atomic mass is 9.86. The van der Waals surface area contributed by atoms with Crippen molar-refractivity contribution in [3.05, 3.63) is 48.5 Å². The fourth-order valence-corrected chi connectivity index (χ4v) is 6.97. The van der Waals surface area contributed by atoms with E-state index in [2.05, 4.69) is 25.2 Å². The molecule has 1 N–H and O–H groups in total. The molecule has 2 unspecified atom stereocenters. The quantitative estimate of drug-likeness (QED) is 0.460. The van der Waals surface area contributed by atoms with Crippen LogP contribution < -0.4 is 5.32 Å². The van der Waals surface area contributed by atoms with Crippen molar-refractivity contribution < 1.29 is 28.5 Å². The van der Waals surface area contributed by atoms with Gasteiger partial charge in [-0.25, -0.2) is 19.7 Å². The first-order valence-electron chi connectivity index (χ1n) is 15.2. The van der Waals surface area contributed by atoms with Gasteiger partial charge in [-0.15, -0.1) is 0 Å². The van der Waals surface area contributed by atoms with Crippen LogP contribution in [-0.4, -0.2) is 103 Å². The number of hydrogen-bond donors (Lipinski definition) is 1. The maximum absolute atomic E-state index is 13.0. The number of imidazole rings is 1. The number of hydrogen-bond acceptors (Lipinski definition) is 10. The number of carbonyl (C=O) groups excluding carboxylic acids is 2. The molecule has 234 valence electrons. The summed E-state index contributed by atoms with van der Waals surface area (Å²) in [6.07, 6.45) is 3.19. The van der Waals surface area contributed by atoms with E-state index in [1.807, 2.05) is 50.2 Å². The van der Waals surface area contributed by atoms with Crippen molar-refractivity contribution in [1.29, 1.82) is 0 Å². The summed E-state index contributed by atoms with van der Waals surface area (Å²) in [6.45, 7) is 12.3. The second kappa shape index (κ2) is 10.5. The van der Waals surface area contributed by atoms with Gasteiger partial charge in [-0.05, 0) is 59.6 Å². The van der Waals surface area contributed by atoms with E-state index < -0.39 is 23.7 Å². The zero-order chi connectivity index (χ0) is 30.9. The Hall–Kier alpha value is -3.65. The van der Waals surface area contributed by atoms with E-state index in [1.54, 1.807) is 30.6 Å². The Morgan fingerprint density at radius 1 is 1.07 bits per heavy atom. The van der Waals surface area contributed by atoms with Crippen LogP contribution in [0.5, 0.6) is 0 Å². The van der Waals surface area contributed by atoms with Gasteiger partial charge in [0.05, 0.1) is 11.9 Å². The average Bonchev–Trinajstić information content (AvgIpc) is 3.70. The fourth-order valence-electron chi connectivity index (χ4n) is 6.97. The number of nitrogens with zero attached hydrogens (tertiary/aromatic N) is 6. The molecular weight excluding hydrogens is 566 g/mol. The molecule has 13 heteroatoms. The highest BCUT2D eigenvalue weighted by Crippen LogP contribution is 2.46. The summed E-state index contributed by atoms with van der Waals surface area (Å²) in [4.78, 5) is 43.4. The first-order valence-corrected chi connectivity index (χ1v) is 15.2. The van der Waals surface area contributed by atoms with E-state index in [-0.39, 0.29) is 29.7 Å². The van der Waals surface area contributed by atoms with Crippen molar-refractivity contribution in [1.82, 2.24) is 29.3 Å². The maximum atomic E-state index is 13.0. The van der Waals surface area contributed by atoms with Crippen molar-refractivity contribution in [3.63, 3.8) is 0 Å². The SMILES string of the molecule is CC(C)(C)OC(=O)N1CCCC12CN(CC1OC(n3cnc4c(NC(=O)c5ccccc5)ncnc43)[C@@H]3OC(C)(C)O[C@H]13)C2. The van der Waals surface area contributed by atoms with Crippen molar-refractivity contribution in [2.45, 2.75) is 88.9 Å². The Bertz CT molecular complexity index is 1560. The lowest BCUT2D eigenvalue weighted by molar-refractivity contribution is -0.200. The first kappa shape index (κ1) is 29.1. The molecular formula is C31H39N7O6. The van der Waals surface area contributed by atoms with Crippen LogP contribution in [0.1, 0.15) is 64.0 Å². The molecule has 2 aromatic heterocycles. The highest BCUT2D eigenvalue weighted by atomic mass is 16.8. The third-order valence-electron chi connectivity index (χ3n) is 8.71. The summed E-state index contributed by atoms with van der Waals surface area (Å²) in [7, 11) is 0. The fraction of sp³-hybridized carbons (Fsp3) is 0.581. The number of likely N-dealkylation sites (tertiary alicyclic amines) is 2. The van der Waals surface area contributed by atoms with Crippen LogP contribution in [0.15, 0.2) is 43.0 Å². The molecule has 3 aromatic rings. The summed E-state index contributed by atoms with van der Waals surface area (Å²) >= 11 is 0. The van der Waals surface area contributed by atoms with Crippen molar-refractivity contribution in [2.75, 3.05) is 31.5 Å². The number of ether oxygens (including phenoxy) is 4. The Balaban J connectivity index is 1.08. The lowest BCUT2D eigenvalue weighted by Crippen LogP contribution is -2.70. The molecule has 6 heterocycles. The zero-order valence-electron chi connectivity index (χ0n) is 25.7. The summed E-state index contributed by atoms with van der Waals surface area (Å²) in [5.74, 6) is -0.758. The van der Waals surface area contributed by atoms with E-state index >= 15 is 0 Å². The van der Waals surface area contributed by atoms with Crippen molar-refractivity contribution in [2.24, 2.45) is 0 Å². The first-order chi connectivity index (χ1) is 20.9. The molecule has 0 aliphatic carbocycles. The molecule has 4 saturated heterocycles. The van der Waals surface area contributed by atoms with Gasteiger partial charge >= 0.3 is 6.09 Å². The summed E-state index contributed by atoms with van der Waals surface area (Å²) in [6, 6.07) is 8.94. The molecule has 1 aromatic carbocycles. The monoisotopic (exact) mass is 605 g/mol. The molecule has 2 amide bonds. The van der Waals surface area contributed by atoms with Gasteiger partial charge in [0.1, 0.15) is 30.2 Å². The predicted octanol–water partition coefficient (Wildman–Crippen LogP) is 3.58. The number of benzene rings is 1. The van der Waals surface area contributed by atoms with Gasteiger partial charge in [0, 0.05) is 31.7 Å². The van der Waals surface area contributed by atoms with Gasteiger partial charge in [0.25, 0.3) is 5.91 Å². The maximum Gasteiger partial charge on any atom is 0.410 e. The average molecular weight is 606 g/mol. The minimum atomic E-state index is -0.787. The molecule has 0 bridgehead atoms. The minimum Gasteiger partial charge on any atom is -0.444 e. The topological polar surface area (TPSA) is 133 Å². The molecule has 13 nitrogen and oxygen atoms in total. The zero-order valence-corrected chi connectivity index (χ0v) is 25.7. The molecule has 0 saturated carbocycles. The lowest BCUT2D eigenvalue weighted by Gasteiger charge is -2.53. The summed E-state index contributed by atoms with van der Waals surface area (Å²) in [5.41, 5.74) is 0.746. The molecule has 4 fully saturated rings. The second-order valence-electron chi connectivity index (χ2n) is 13.6. The van der Waals surface area contributed by atoms with E-state index in [4.69, 9.17) is 18.9 Å². The van der Waals surface area contributed by atoms with Crippen molar-refractivity contribution in [3.8, 4) is 0 Å². The number of amides is 2. The molecule has 4 aliphatic heterocycles. The van der Waals surface area contributed by atoms with Crippen LogP contribution in [0.4, 0.5) is 10.6 Å². The Kier molecular flexibility index (Phi) is 6.92. The predicted molar refractivity (Wildman–Crippen MR) is 159 cm³/mol. The van der Waals surface area contributed by atoms with Crippen LogP contribution in [0.2, 0.25) is 0 Å². The van der Waals surface area contributed by atoms with Crippen LogP contribution in [0.25, 0.3) is 11.2 Å². The van der Waals surface area contributed by atoms with Crippen LogP contribution in [0, 0.1) is 0 Å². The van der Waals surface area contributed by atoms with E-state index in [0.29, 0.717) is 35.6 Å². The van der Waals surface area contributed by atoms with Crippen LogP contribution in [-0.2, 0) is 18.9 Å². The van der Waals surface area contributed by atoms with Crippen LogP contribution in [0.3, 0.4) is 0 Å². The number of carbonyl (C=O) groups is 2. The van der Waals surface area contributed by atoms with Gasteiger partial charge in [-0.1, -0.05) is 18.2 Å². The van der Waals surface area contributed by atoms with Gasteiger partial charge in [-0.3, -0.25) is 19.2 Å². The summed E-state index contributed by atoms with van der Waals surface area (Å²) < 4.78 is 26.9. The van der Waals surface area contributed by atoms with Gasteiger partial charge in [0.2, 0.25) is 0 Å². The Morgan fingerprint density at radius 2 is 1.82 bits per heavy atom. The number of rotatable bonds is 5. The number of nitrogens with one attached hydrogen (secondary N) is 1. The number of aromatic nitrogens is 4. The third kappa shape index (κ3) is 5.21. The minimum absolute atomic E-state index is 0.204. The van der Waals surface area contributed by atoms with E-state index in [1.165, 1.54) is 6.33 Å². The van der Waals surface area contributed by atoms with Crippen LogP contribution >= 0.6 is 0 Å².